The van der Waals surface area contributed by atoms with Crippen LogP contribution in [0.3, 0.4) is 0 Å². The number of nitro benzene ring substituents is 1. The van der Waals surface area contributed by atoms with E-state index in [4.69, 9.17) is 4.74 Å². The minimum Gasteiger partial charge on any atom is -0.463 e. The molecule has 1 aromatic carbocycles. The number of anilines is 1. The second-order valence-electron chi connectivity index (χ2n) is 5.77. The fourth-order valence-electron chi connectivity index (χ4n) is 3.21. The van der Waals surface area contributed by atoms with Crippen molar-refractivity contribution in [3.63, 3.8) is 0 Å². The number of rotatable bonds is 4. The molecule has 1 aromatic heterocycles. The van der Waals surface area contributed by atoms with E-state index in [1.807, 2.05) is 0 Å². The van der Waals surface area contributed by atoms with E-state index in [0.29, 0.717) is 11.4 Å². The van der Waals surface area contributed by atoms with E-state index in [-0.39, 0.29) is 29.0 Å². The maximum atomic E-state index is 12.6. The van der Waals surface area contributed by atoms with Crippen LogP contribution >= 0.6 is 0 Å². The average molecular weight is 355 g/mol. The van der Waals surface area contributed by atoms with Gasteiger partial charge < -0.3 is 15.0 Å². The number of carbonyl (C=O) groups is 1. The lowest BCUT2D eigenvalue weighted by Crippen LogP contribution is -2.30. The molecule has 0 saturated heterocycles. The van der Waals surface area contributed by atoms with Crippen LogP contribution in [0.5, 0.6) is 0 Å². The molecule has 0 spiro atoms. The second kappa shape index (κ2) is 6.83. The molecule has 26 heavy (non-hydrogen) atoms. The first-order valence-corrected chi connectivity index (χ1v) is 8.05. The number of benzene rings is 1. The first-order chi connectivity index (χ1) is 12.5. The van der Waals surface area contributed by atoms with Crippen LogP contribution in [0.1, 0.15) is 30.9 Å². The maximum Gasteiger partial charge on any atom is 0.336 e. The summed E-state index contributed by atoms with van der Waals surface area (Å²) >= 11 is 0. The highest BCUT2D eigenvalue weighted by atomic mass is 16.6. The molecule has 0 saturated carbocycles. The molecule has 2 N–H and O–H groups in total. The van der Waals surface area contributed by atoms with Gasteiger partial charge in [-0.25, -0.2) is 4.79 Å². The zero-order valence-corrected chi connectivity index (χ0v) is 14.2. The van der Waals surface area contributed by atoms with E-state index < -0.39 is 22.4 Å². The molecule has 0 fully saturated rings. The molecule has 134 valence electrons. The summed E-state index contributed by atoms with van der Waals surface area (Å²) in [6, 6.07) is 7.74. The number of H-pyrrole nitrogens is 1. The van der Waals surface area contributed by atoms with Gasteiger partial charge in [-0.05, 0) is 19.9 Å². The second-order valence-corrected chi connectivity index (χ2v) is 5.77. The normalized spacial score (nSPS) is 15.8. The van der Waals surface area contributed by atoms with Crippen LogP contribution < -0.4 is 10.9 Å². The molecular weight excluding hydrogens is 338 g/mol. The number of hydrogen-bond donors (Lipinski definition) is 2. The van der Waals surface area contributed by atoms with Crippen LogP contribution in [0, 0.1) is 10.1 Å². The molecule has 1 aliphatic heterocycles. The summed E-state index contributed by atoms with van der Waals surface area (Å²) < 4.78 is 5.14. The standard InChI is InChI=1S/C18H17N3O5/c1-3-26-18(23)14-10(2)20-12-8-9-19-17(22)16(12)15(14)11-6-4-5-7-13(11)21(24)25/h4-9,15,20H,3H2,1-2H3,(H,19,22). The third kappa shape index (κ3) is 2.85. The van der Waals surface area contributed by atoms with Crippen molar-refractivity contribution in [2.75, 3.05) is 11.9 Å². The molecule has 0 bridgehead atoms. The van der Waals surface area contributed by atoms with Crippen molar-refractivity contribution in [3.05, 3.63) is 79.4 Å². The molecule has 0 aliphatic carbocycles. The summed E-state index contributed by atoms with van der Waals surface area (Å²) in [6.45, 7) is 3.50. The van der Waals surface area contributed by atoms with E-state index in [1.165, 1.54) is 12.3 Å². The van der Waals surface area contributed by atoms with Crippen LogP contribution in [0.4, 0.5) is 11.4 Å². The Balaban J connectivity index is 2.33. The summed E-state index contributed by atoms with van der Waals surface area (Å²) in [5.74, 6) is -1.52. The van der Waals surface area contributed by atoms with Gasteiger partial charge in [0.05, 0.1) is 28.6 Å². The lowest BCUT2D eigenvalue weighted by molar-refractivity contribution is -0.385. The largest absolute Gasteiger partial charge is 0.463 e. The molecule has 8 heteroatoms. The van der Waals surface area contributed by atoms with E-state index in [1.54, 1.807) is 38.1 Å². The first kappa shape index (κ1) is 17.4. The minimum absolute atomic E-state index is 0.150. The lowest BCUT2D eigenvalue weighted by Gasteiger charge is -2.28. The molecule has 1 unspecified atom stereocenters. The van der Waals surface area contributed by atoms with Gasteiger partial charge in [0.2, 0.25) is 0 Å². The number of nitrogens with zero attached hydrogens (tertiary/aromatic N) is 1. The number of aromatic amines is 1. The number of pyridine rings is 1. The monoisotopic (exact) mass is 355 g/mol. The molecule has 2 aromatic rings. The van der Waals surface area contributed by atoms with Crippen molar-refractivity contribution < 1.29 is 14.5 Å². The van der Waals surface area contributed by atoms with Gasteiger partial charge in [0.1, 0.15) is 0 Å². The fourth-order valence-corrected chi connectivity index (χ4v) is 3.21. The number of hydrogen-bond acceptors (Lipinski definition) is 6. The Hall–Kier alpha value is -3.42. The Labute approximate surface area is 148 Å². The molecule has 3 rings (SSSR count). The number of nitro groups is 1. The molecule has 8 nitrogen and oxygen atoms in total. The third-order valence-electron chi connectivity index (χ3n) is 4.24. The summed E-state index contributed by atoms with van der Waals surface area (Å²) in [7, 11) is 0. The van der Waals surface area contributed by atoms with Gasteiger partial charge in [-0.2, -0.15) is 0 Å². The number of allylic oxidation sites excluding steroid dienone is 1. The Morgan fingerprint density at radius 1 is 1.31 bits per heavy atom. The van der Waals surface area contributed by atoms with Crippen molar-refractivity contribution in [2.24, 2.45) is 0 Å². The molecule has 2 heterocycles. The number of esters is 1. The summed E-state index contributed by atoms with van der Waals surface area (Å²) in [5, 5.41) is 14.5. The van der Waals surface area contributed by atoms with Gasteiger partial charge >= 0.3 is 5.97 Å². The van der Waals surface area contributed by atoms with Gasteiger partial charge in [-0.3, -0.25) is 14.9 Å². The number of carbonyl (C=O) groups excluding carboxylic acids is 1. The quantitative estimate of drug-likeness (QED) is 0.495. The highest BCUT2D eigenvalue weighted by Crippen LogP contribution is 2.43. The van der Waals surface area contributed by atoms with Crippen LogP contribution in [-0.4, -0.2) is 22.5 Å². The average Bonchev–Trinajstić information content (AvgIpc) is 2.60. The van der Waals surface area contributed by atoms with Crippen molar-refractivity contribution in [1.82, 2.24) is 4.98 Å². The number of fused-ring (bicyclic) bond motifs is 1. The SMILES string of the molecule is CCOC(=O)C1=C(C)Nc2cc[nH]c(=O)c2C1c1ccccc1[N+](=O)[O-]. The number of nitrogens with one attached hydrogen (secondary N) is 2. The number of para-hydroxylation sites is 1. The van der Waals surface area contributed by atoms with Gasteiger partial charge in [-0.15, -0.1) is 0 Å². The summed E-state index contributed by atoms with van der Waals surface area (Å²) in [5.41, 5.74) is 1.10. The Morgan fingerprint density at radius 2 is 2.04 bits per heavy atom. The predicted molar refractivity (Wildman–Crippen MR) is 95.0 cm³/mol. The third-order valence-corrected chi connectivity index (χ3v) is 4.24. The highest BCUT2D eigenvalue weighted by molar-refractivity contribution is 5.95. The van der Waals surface area contributed by atoms with E-state index in [9.17, 15) is 19.7 Å². The van der Waals surface area contributed by atoms with Gasteiger partial charge in [0.15, 0.2) is 0 Å². The molecular formula is C18H17N3O5. The van der Waals surface area contributed by atoms with Crippen LogP contribution in [-0.2, 0) is 9.53 Å². The van der Waals surface area contributed by atoms with Crippen molar-refractivity contribution in [1.29, 1.82) is 0 Å². The topological polar surface area (TPSA) is 114 Å². The smallest absolute Gasteiger partial charge is 0.336 e. The summed E-state index contributed by atoms with van der Waals surface area (Å²) in [6.07, 6.45) is 1.48. The molecule has 1 atom stereocenters. The van der Waals surface area contributed by atoms with Gasteiger partial charge in [-0.1, -0.05) is 18.2 Å². The summed E-state index contributed by atoms with van der Waals surface area (Å²) in [4.78, 5) is 38.7. The van der Waals surface area contributed by atoms with Gasteiger partial charge in [0.25, 0.3) is 11.2 Å². The Kier molecular flexibility index (Phi) is 4.57. The van der Waals surface area contributed by atoms with E-state index in [0.717, 1.165) is 0 Å². The van der Waals surface area contributed by atoms with Crippen LogP contribution in [0.15, 0.2) is 52.6 Å². The zero-order valence-electron chi connectivity index (χ0n) is 14.2. The zero-order chi connectivity index (χ0) is 18.8. The number of aromatic nitrogens is 1. The van der Waals surface area contributed by atoms with E-state index in [2.05, 4.69) is 10.3 Å². The Bertz CT molecular complexity index is 977. The molecule has 0 amide bonds. The van der Waals surface area contributed by atoms with Crippen LogP contribution in [0.2, 0.25) is 0 Å². The van der Waals surface area contributed by atoms with E-state index >= 15 is 0 Å². The van der Waals surface area contributed by atoms with Crippen molar-refractivity contribution >= 4 is 17.3 Å². The molecule has 0 radical (unpaired) electrons. The maximum absolute atomic E-state index is 12.6. The van der Waals surface area contributed by atoms with Crippen LogP contribution in [0.25, 0.3) is 0 Å². The molecule has 1 aliphatic rings. The predicted octanol–water partition coefficient (Wildman–Crippen LogP) is 2.68. The Morgan fingerprint density at radius 3 is 2.73 bits per heavy atom. The van der Waals surface area contributed by atoms with Gasteiger partial charge in [0, 0.05) is 29.2 Å². The fraction of sp³-hybridized carbons (Fsp3) is 0.222. The first-order valence-electron chi connectivity index (χ1n) is 8.05. The van der Waals surface area contributed by atoms with Crippen molar-refractivity contribution in [3.8, 4) is 0 Å². The highest BCUT2D eigenvalue weighted by Gasteiger charge is 2.38. The number of ether oxygens (including phenoxy) is 1. The van der Waals surface area contributed by atoms with Crippen molar-refractivity contribution in [2.45, 2.75) is 19.8 Å². The lowest BCUT2D eigenvalue weighted by atomic mass is 9.80. The minimum atomic E-state index is -0.906.